The molecule has 0 aromatic rings. The number of hydrogen-bond acceptors (Lipinski definition) is 4. The Morgan fingerprint density at radius 3 is 2.61 bits per heavy atom. The molecule has 5 nitrogen and oxygen atoms in total. The highest BCUT2D eigenvalue weighted by molar-refractivity contribution is 6.76. The maximum absolute atomic E-state index is 12.1. The Hall–Kier alpha value is -0.753. The summed E-state index contributed by atoms with van der Waals surface area (Å²) in [6.45, 7) is 11.0. The van der Waals surface area contributed by atoms with E-state index in [1.807, 2.05) is 11.8 Å². The molecular weight excluding hydrogens is 332 g/mol. The van der Waals surface area contributed by atoms with Crippen molar-refractivity contribution in [3.05, 3.63) is 0 Å². The Balaban J connectivity index is 1.42. The van der Waals surface area contributed by atoms with Crippen LogP contribution in [-0.4, -0.2) is 56.0 Å². The molecule has 2 aliphatic heterocycles. The monoisotopic (exact) mass is 358 g/mol. The van der Waals surface area contributed by atoms with Gasteiger partial charge in [-0.1, -0.05) is 24.8 Å². The van der Waals surface area contributed by atoms with E-state index in [4.69, 9.17) is 21.2 Å². The second-order valence-corrected chi connectivity index (χ2v) is 14.5. The number of amides is 1. The number of fused-ring (bicyclic) bond motifs is 1. The van der Waals surface area contributed by atoms with Crippen molar-refractivity contribution in [3.8, 4) is 0 Å². The summed E-state index contributed by atoms with van der Waals surface area (Å²) in [7, 11) is -1.15. The first-order valence-corrected chi connectivity index (χ1v) is 12.7. The molecule has 1 saturated heterocycles. The third-order valence-corrected chi connectivity index (χ3v) is 7.41. The first-order valence-electron chi connectivity index (χ1n) is 8.45. The predicted octanol–water partition coefficient (Wildman–Crippen LogP) is 3.41. The van der Waals surface area contributed by atoms with Gasteiger partial charge in [0.1, 0.15) is 0 Å². The van der Waals surface area contributed by atoms with Crippen molar-refractivity contribution in [2.75, 3.05) is 25.6 Å². The Labute approximate surface area is 144 Å². The molecule has 23 heavy (non-hydrogen) atoms. The van der Waals surface area contributed by atoms with Crippen LogP contribution in [0, 0.1) is 17.8 Å². The number of carbonyl (C=O) groups is 1. The van der Waals surface area contributed by atoms with Crippen LogP contribution in [0.15, 0.2) is 5.16 Å². The number of carbonyl (C=O) groups excluding carboxylic acids is 1. The van der Waals surface area contributed by atoms with Gasteiger partial charge in [0.25, 0.3) is 0 Å². The van der Waals surface area contributed by atoms with Crippen LogP contribution in [0.25, 0.3) is 0 Å². The van der Waals surface area contributed by atoms with Crippen molar-refractivity contribution >= 4 is 31.5 Å². The van der Waals surface area contributed by atoms with Gasteiger partial charge in [-0.05, 0) is 24.8 Å². The molecule has 3 unspecified atom stereocenters. The van der Waals surface area contributed by atoms with E-state index in [1.54, 1.807) is 0 Å². The van der Waals surface area contributed by atoms with E-state index >= 15 is 0 Å². The molecular formula is C16H27ClN2O3Si. The van der Waals surface area contributed by atoms with E-state index in [-0.39, 0.29) is 11.7 Å². The number of nitrogens with zero attached hydrogens (tertiary/aromatic N) is 2. The summed E-state index contributed by atoms with van der Waals surface area (Å²) in [6.07, 6.45) is 0.666. The molecule has 0 bridgehead atoms. The minimum atomic E-state index is -1.15. The normalized spacial score (nSPS) is 35.6. The minimum absolute atomic E-state index is 0.149. The standard InChI is InChI=1S/C16H27ClN2O3Si/c1-16(10-17)7-13(18-22-16)14-11-8-19(9-12(11)14)15(20)21-5-6-23(2,3)4/h11-12,14H,5-10H2,1-4H3. The van der Waals surface area contributed by atoms with Crippen LogP contribution in [-0.2, 0) is 9.57 Å². The lowest BCUT2D eigenvalue weighted by atomic mass is 9.98. The van der Waals surface area contributed by atoms with Crippen LogP contribution >= 0.6 is 11.6 Å². The summed E-state index contributed by atoms with van der Waals surface area (Å²) in [4.78, 5) is 19.5. The molecule has 1 amide bonds. The van der Waals surface area contributed by atoms with Crippen molar-refractivity contribution in [1.82, 2.24) is 4.90 Å². The summed E-state index contributed by atoms with van der Waals surface area (Å²) in [5.74, 6) is 1.99. The van der Waals surface area contributed by atoms with Crippen LogP contribution in [0.3, 0.4) is 0 Å². The number of alkyl halides is 1. The molecule has 2 fully saturated rings. The fourth-order valence-corrected chi connectivity index (χ4v) is 4.43. The lowest BCUT2D eigenvalue weighted by molar-refractivity contribution is 0.0152. The molecule has 1 saturated carbocycles. The fourth-order valence-electron chi connectivity index (χ4n) is 3.57. The largest absolute Gasteiger partial charge is 0.450 e. The van der Waals surface area contributed by atoms with Crippen molar-refractivity contribution in [3.63, 3.8) is 0 Å². The molecule has 2 heterocycles. The van der Waals surface area contributed by atoms with E-state index in [9.17, 15) is 4.79 Å². The molecule has 3 rings (SSSR count). The van der Waals surface area contributed by atoms with Crippen molar-refractivity contribution < 1.29 is 14.4 Å². The number of halogens is 1. The van der Waals surface area contributed by atoms with Gasteiger partial charge in [-0.2, -0.15) is 0 Å². The molecule has 0 spiro atoms. The third-order valence-electron chi connectivity index (χ3n) is 5.14. The van der Waals surface area contributed by atoms with Crippen LogP contribution in [0.1, 0.15) is 13.3 Å². The van der Waals surface area contributed by atoms with Gasteiger partial charge in [-0.3, -0.25) is 0 Å². The first kappa shape index (κ1) is 17.1. The zero-order valence-electron chi connectivity index (χ0n) is 14.5. The van der Waals surface area contributed by atoms with Gasteiger partial charge in [0.15, 0.2) is 5.60 Å². The smallest absolute Gasteiger partial charge is 0.409 e. The van der Waals surface area contributed by atoms with E-state index in [0.717, 1.165) is 31.3 Å². The van der Waals surface area contributed by atoms with Crippen molar-refractivity contribution in [2.45, 2.75) is 44.6 Å². The number of piperidine rings is 1. The topological polar surface area (TPSA) is 51.1 Å². The molecule has 7 heteroatoms. The van der Waals surface area contributed by atoms with E-state index in [1.165, 1.54) is 0 Å². The second kappa shape index (κ2) is 5.95. The third kappa shape index (κ3) is 3.68. The first-order chi connectivity index (χ1) is 10.7. The summed E-state index contributed by atoms with van der Waals surface area (Å²) < 4.78 is 5.43. The highest BCUT2D eigenvalue weighted by Gasteiger charge is 2.60. The quantitative estimate of drug-likeness (QED) is 0.559. The predicted molar refractivity (Wildman–Crippen MR) is 93.8 cm³/mol. The Morgan fingerprint density at radius 1 is 1.43 bits per heavy atom. The summed E-state index contributed by atoms with van der Waals surface area (Å²) in [5, 5.41) is 4.25. The summed E-state index contributed by atoms with van der Waals surface area (Å²) in [5.41, 5.74) is 0.790. The van der Waals surface area contributed by atoms with E-state index in [0.29, 0.717) is 30.2 Å². The average molecular weight is 359 g/mol. The van der Waals surface area contributed by atoms with Crippen LogP contribution in [0.4, 0.5) is 4.79 Å². The molecule has 0 N–H and O–H groups in total. The highest BCUT2D eigenvalue weighted by atomic mass is 35.5. The number of ether oxygens (including phenoxy) is 1. The molecule has 130 valence electrons. The zero-order valence-corrected chi connectivity index (χ0v) is 16.2. The van der Waals surface area contributed by atoms with Crippen LogP contribution < -0.4 is 0 Å². The Morgan fingerprint density at radius 2 is 2.09 bits per heavy atom. The van der Waals surface area contributed by atoms with Gasteiger partial charge in [0.2, 0.25) is 0 Å². The summed E-state index contributed by atoms with van der Waals surface area (Å²) in [6, 6.07) is 1.02. The molecule has 3 aliphatic rings. The molecule has 1 aliphatic carbocycles. The Bertz CT molecular complexity index is 510. The molecule has 0 aromatic carbocycles. The van der Waals surface area contributed by atoms with Gasteiger partial charge in [0, 0.05) is 33.5 Å². The maximum atomic E-state index is 12.1. The molecule has 3 atom stereocenters. The number of oxime groups is 1. The van der Waals surface area contributed by atoms with Gasteiger partial charge in [-0.25, -0.2) is 4.79 Å². The second-order valence-electron chi connectivity index (χ2n) is 8.62. The maximum Gasteiger partial charge on any atom is 0.409 e. The van der Waals surface area contributed by atoms with Crippen molar-refractivity contribution in [2.24, 2.45) is 22.9 Å². The SMILES string of the molecule is CC1(CCl)CC(C2C3CN(C(=O)OCC[Si](C)(C)C)CC32)=NO1. The average Bonchev–Trinajstić information content (AvgIpc) is 2.85. The van der Waals surface area contributed by atoms with Crippen molar-refractivity contribution in [1.29, 1.82) is 0 Å². The summed E-state index contributed by atoms with van der Waals surface area (Å²) >= 11 is 5.94. The fraction of sp³-hybridized carbons (Fsp3) is 0.875. The van der Waals surface area contributed by atoms with E-state index in [2.05, 4.69) is 24.8 Å². The zero-order chi connectivity index (χ0) is 16.8. The van der Waals surface area contributed by atoms with Crippen LogP contribution in [0.5, 0.6) is 0 Å². The Kier molecular flexibility index (Phi) is 4.42. The highest BCUT2D eigenvalue weighted by Crippen LogP contribution is 2.54. The van der Waals surface area contributed by atoms with Gasteiger partial charge in [0.05, 0.1) is 18.2 Å². The van der Waals surface area contributed by atoms with Crippen LogP contribution in [0.2, 0.25) is 25.7 Å². The number of rotatable bonds is 5. The lowest BCUT2D eigenvalue weighted by Gasteiger charge is -2.21. The molecule has 0 radical (unpaired) electrons. The van der Waals surface area contributed by atoms with E-state index < -0.39 is 8.07 Å². The number of hydrogen-bond donors (Lipinski definition) is 0. The van der Waals surface area contributed by atoms with Gasteiger partial charge < -0.3 is 14.5 Å². The van der Waals surface area contributed by atoms with Gasteiger partial charge in [-0.15, -0.1) is 11.6 Å². The number of likely N-dealkylation sites (tertiary alicyclic amines) is 1. The lowest BCUT2D eigenvalue weighted by Crippen LogP contribution is -2.34. The van der Waals surface area contributed by atoms with Gasteiger partial charge >= 0.3 is 6.09 Å². The minimum Gasteiger partial charge on any atom is -0.450 e. The molecule has 0 aromatic heterocycles.